The van der Waals surface area contributed by atoms with Crippen LogP contribution in [-0.2, 0) is 22.4 Å². The molecular weight excluding hydrogens is 583 g/mol. The van der Waals surface area contributed by atoms with E-state index < -0.39 is 30.0 Å². The zero-order valence-corrected chi connectivity index (χ0v) is 25.9. The van der Waals surface area contributed by atoms with Gasteiger partial charge >= 0.3 is 0 Å². The fraction of sp³-hybridized carbons (Fsp3) is 0.364. The Morgan fingerprint density at radius 2 is 1.93 bits per heavy atom. The van der Waals surface area contributed by atoms with Gasteiger partial charge in [0, 0.05) is 16.0 Å². The normalized spacial score (nSPS) is 21.8. The first-order valence-electron chi connectivity index (χ1n) is 14.5. The highest BCUT2D eigenvalue weighted by molar-refractivity contribution is 7.99. The molecule has 3 N–H and O–H groups in total. The number of carbonyl (C=O) groups is 3. The first-order valence-corrected chi connectivity index (χ1v) is 16.4. The molecule has 2 heterocycles. The number of carbonyl (C=O) groups excluding carboxylic acids is 3. The lowest BCUT2D eigenvalue weighted by Crippen LogP contribution is -2.56. The number of aliphatic hydroxyl groups is 1. The highest BCUT2D eigenvalue weighted by Gasteiger charge is 2.44. The summed E-state index contributed by atoms with van der Waals surface area (Å²) in [7, 11) is 0. The maximum absolute atomic E-state index is 14.1. The number of aromatic hydroxyl groups is 1. The summed E-state index contributed by atoms with van der Waals surface area (Å²) in [6, 6.07) is 14.0. The summed E-state index contributed by atoms with van der Waals surface area (Å²) in [5.41, 5.74) is 2.63. The van der Waals surface area contributed by atoms with Gasteiger partial charge < -0.3 is 25.3 Å². The van der Waals surface area contributed by atoms with Gasteiger partial charge in [0.1, 0.15) is 11.8 Å². The third-order valence-electron chi connectivity index (χ3n) is 8.35. The van der Waals surface area contributed by atoms with Gasteiger partial charge in [-0.15, -0.1) is 29.7 Å². The zero-order chi connectivity index (χ0) is 30.7. The van der Waals surface area contributed by atoms with Gasteiger partial charge in [0.05, 0.1) is 23.3 Å². The van der Waals surface area contributed by atoms with Crippen LogP contribution in [0.25, 0.3) is 0 Å². The third-order valence-corrected chi connectivity index (χ3v) is 10.5. The monoisotopic (exact) mass is 619 g/mol. The molecule has 10 heteroatoms. The van der Waals surface area contributed by atoms with Gasteiger partial charge in [-0.3, -0.25) is 14.4 Å². The second-order valence-electron chi connectivity index (χ2n) is 11.0. The predicted octanol–water partition coefficient (Wildman–Crippen LogP) is 4.80. The Morgan fingerprint density at radius 1 is 1.16 bits per heavy atom. The molecule has 0 bridgehead atoms. The minimum Gasteiger partial charge on any atom is -0.508 e. The van der Waals surface area contributed by atoms with Gasteiger partial charge in [-0.25, -0.2) is 0 Å². The SMILES string of the molecule is C=C[C@H]1C(=O)N([C@@H]2CCCc3sccc32)C(C)SCN1C(=O)[C@@H](O)C(Cc1ccccc1)NC(=O)c1cccc(O)c1C. The smallest absolute Gasteiger partial charge is 0.255 e. The molecule has 5 atom stereocenters. The van der Waals surface area contributed by atoms with E-state index in [-0.39, 0.29) is 40.9 Å². The summed E-state index contributed by atoms with van der Waals surface area (Å²) in [5, 5.41) is 26.4. The van der Waals surface area contributed by atoms with Crippen molar-refractivity contribution in [2.24, 2.45) is 0 Å². The van der Waals surface area contributed by atoms with Gasteiger partial charge in [-0.1, -0.05) is 42.5 Å². The number of nitrogens with one attached hydrogen (secondary N) is 1. The Bertz CT molecular complexity index is 1490. The number of phenolic OH excluding ortho intramolecular Hbond substituents is 1. The maximum atomic E-state index is 14.1. The number of hydrogen-bond donors (Lipinski definition) is 3. The van der Waals surface area contributed by atoms with Gasteiger partial charge in [0.25, 0.3) is 17.7 Å². The van der Waals surface area contributed by atoms with Crippen LogP contribution in [0.2, 0.25) is 0 Å². The van der Waals surface area contributed by atoms with Crippen molar-refractivity contribution in [1.82, 2.24) is 15.1 Å². The number of thiophene rings is 1. The molecule has 226 valence electrons. The summed E-state index contributed by atoms with van der Waals surface area (Å²) in [4.78, 5) is 46.1. The number of hydrogen-bond acceptors (Lipinski definition) is 7. The highest BCUT2D eigenvalue weighted by Crippen LogP contribution is 2.41. The number of rotatable bonds is 8. The summed E-state index contributed by atoms with van der Waals surface area (Å²) in [5.74, 6) is -1.25. The van der Waals surface area contributed by atoms with E-state index in [0.717, 1.165) is 24.8 Å². The minimum atomic E-state index is -1.64. The van der Waals surface area contributed by atoms with Crippen molar-refractivity contribution in [1.29, 1.82) is 0 Å². The molecule has 2 aliphatic rings. The number of phenols is 1. The molecule has 0 saturated carbocycles. The molecule has 1 aliphatic carbocycles. The van der Waals surface area contributed by atoms with Crippen LogP contribution in [0.3, 0.4) is 0 Å². The topological polar surface area (TPSA) is 110 Å². The van der Waals surface area contributed by atoms with Crippen molar-refractivity contribution in [2.75, 3.05) is 5.88 Å². The predicted molar refractivity (Wildman–Crippen MR) is 170 cm³/mol. The Kier molecular flexibility index (Phi) is 9.59. The molecule has 3 amide bonds. The number of thioether (sulfide) groups is 1. The summed E-state index contributed by atoms with van der Waals surface area (Å²) in [6.07, 6.45) is 2.84. The van der Waals surface area contributed by atoms with Crippen molar-refractivity contribution < 1.29 is 24.6 Å². The average Bonchev–Trinajstić information content (AvgIpc) is 3.45. The van der Waals surface area contributed by atoms with Crippen molar-refractivity contribution in [3.05, 3.63) is 99.8 Å². The molecule has 1 aromatic heterocycles. The van der Waals surface area contributed by atoms with E-state index in [9.17, 15) is 24.6 Å². The van der Waals surface area contributed by atoms with Crippen LogP contribution in [0.1, 0.15) is 57.7 Å². The molecule has 2 unspecified atom stereocenters. The minimum absolute atomic E-state index is 0.0241. The number of fused-ring (bicyclic) bond motifs is 1. The van der Waals surface area contributed by atoms with Crippen LogP contribution in [0.15, 0.2) is 72.6 Å². The fourth-order valence-corrected chi connectivity index (χ4v) is 8.02. The van der Waals surface area contributed by atoms with Crippen molar-refractivity contribution in [3.63, 3.8) is 0 Å². The molecular formula is C33H37N3O5S2. The quantitative estimate of drug-likeness (QED) is 0.313. The lowest BCUT2D eigenvalue weighted by Gasteiger charge is -2.38. The van der Waals surface area contributed by atoms with Gasteiger partial charge in [-0.2, -0.15) is 0 Å². The van der Waals surface area contributed by atoms with E-state index in [1.807, 2.05) is 42.2 Å². The molecule has 1 fully saturated rings. The largest absolute Gasteiger partial charge is 0.508 e. The van der Waals surface area contributed by atoms with Crippen LogP contribution in [0.5, 0.6) is 5.75 Å². The summed E-state index contributed by atoms with van der Waals surface area (Å²) < 4.78 is 0. The van der Waals surface area contributed by atoms with E-state index >= 15 is 0 Å². The zero-order valence-electron chi connectivity index (χ0n) is 24.3. The Labute approximate surface area is 260 Å². The Hall–Kier alpha value is -3.60. The first-order chi connectivity index (χ1) is 20.7. The van der Waals surface area contributed by atoms with Gasteiger partial charge in [0.2, 0.25) is 0 Å². The number of nitrogens with zero attached hydrogens (tertiary/aromatic N) is 2. The molecule has 1 saturated heterocycles. The Balaban J connectivity index is 1.41. The number of aliphatic hydroxyl groups excluding tert-OH is 1. The lowest BCUT2D eigenvalue weighted by molar-refractivity contribution is -0.149. The molecule has 3 aromatic rings. The van der Waals surface area contributed by atoms with Gasteiger partial charge in [0.15, 0.2) is 6.10 Å². The molecule has 2 aromatic carbocycles. The molecule has 5 rings (SSSR count). The number of amides is 3. The molecule has 1 aliphatic heterocycles. The maximum Gasteiger partial charge on any atom is 0.255 e. The highest BCUT2D eigenvalue weighted by atomic mass is 32.2. The van der Waals surface area contributed by atoms with Crippen LogP contribution in [0, 0.1) is 6.92 Å². The molecule has 43 heavy (non-hydrogen) atoms. The van der Waals surface area contributed by atoms with E-state index in [1.54, 1.807) is 30.4 Å². The van der Waals surface area contributed by atoms with Crippen molar-refractivity contribution >= 4 is 40.8 Å². The fourth-order valence-electron chi connectivity index (χ4n) is 5.97. The van der Waals surface area contributed by atoms with Crippen molar-refractivity contribution in [2.45, 2.75) is 69.1 Å². The molecule has 0 spiro atoms. The first kappa shape index (κ1) is 30.8. The van der Waals surface area contributed by atoms with Crippen LogP contribution >= 0.6 is 23.1 Å². The second-order valence-corrected chi connectivity index (χ2v) is 13.3. The summed E-state index contributed by atoms with van der Waals surface area (Å²) >= 11 is 3.18. The van der Waals surface area contributed by atoms with E-state index in [1.165, 1.54) is 39.2 Å². The third kappa shape index (κ3) is 6.37. The lowest BCUT2D eigenvalue weighted by atomic mass is 9.92. The number of benzene rings is 2. The molecule has 0 radical (unpaired) electrons. The van der Waals surface area contributed by atoms with E-state index in [0.29, 0.717) is 5.56 Å². The van der Waals surface area contributed by atoms with E-state index in [4.69, 9.17) is 0 Å². The second kappa shape index (κ2) is 13.4. The summed E-state index contributed by atoms with van der Waals surface area (Å²) in [6.45, 7) is 7.51. The Morgan fingerprint density at radius 3 is 2.67 bits per heavy atom. The number of aryl methyl sites for hydroxylation is 1. The van der Waals surface area contributed by atoms with Crippen LogP contribution < -0.4 is 5.32 Å². The van der Waals surface area contributed by atoms with Crippen molar-refractivity contribution in [3.8, 4) is 5.75 Å². The van der Waals surface area contributed by atoms with Gasteiger partial charge in [-0.05, 0) is 74.2 Å². The van der Waals surface area contributed by atoms with Crippen LogP contribution in [-0.4, -0.2) is 67.2 Å². The average molecular weight is 620 g/mol. The van der Waals surface area contributed by atoms with Crippen LogP contribution in [0.4, 0.5) is 0 Å². The molecule has 8 nitrogen and oxygen atoms in total. The van der Waals surface area contributed by atoms with E-state index in [2.05, 4.69) is 23.3 Å². The standard InChI is InChI=1S/C33H37N3O5S2/c1-4-26-32(40)36(27-13-9-15-29-24(27)16-17-42-29)21(3)43-19-35(26)33(41)30(38)25(18-22-10-6-5-7-11-22)34-31(39)23-12-8-14-28(37)20(23)2/h4-8,10-12,14,16-17,21,25-27,30,37-38H,1,9,13,15,18-19H2,2-3H3,(H,34,39)/t21?,25?,26-,27+,30-/m0/s1.